The van der Waals surface area contributed by atoms with E-state index < -0.39 is 23.7 Å². The van der Waals surface area contributed by atoms with Gasteiger partial charge in [-0.2, -0.15) is 0 Å². The quantitative estimate of drug-likeness (QED) is 0.801. The molecule has 1 unspecified atom stereocenters. The summed E-state index contributed by atoms with van der Waals surface area (Å²) in [6.45, 7) is 5.52. The van der Waals surface area contributed by atoms with Gasteiger partial charge in [0.1, 0.15) is 23.4 Å². The van der Waals surface area contributed by atoms with Gasteiger partial charge in [0, 0.05) is 5.92 Å². The van der Waals surface area contributed by atoms with Crippen molar-refractivity contribution in [3.63, 3.8) is 0 Å². The van der Waals surface area contributed by atoms with E-state index in [1.165, 1.54) is 16.8 Å². The molecule has 2 N–H and O–H groups in total. The van der Waals surface area contributed by atoms with Gasteiger partial charge in [0.15, 0.2) is 0 Å². The number of rotatable bonds is 7. The number of nitrogens with zero attached hydrogens (tertiary/aromatic N) is 3. The number of carbonyl (C=O) groups is 2. The molecule has 134 valence electrons. The highest BCUT2D eigenvalue weighted by atomic mass is 19.1. The topological polar surface area (TPSA) is 97.1 Å². The third-order valence-electron chi connectivity index (χ3n) is 3.61. The van der Waals surface area contributed by atoms with E-state index >= 15 is 0 Å². The van der Waals surface area contributed by atoms with Crippen LogP contribution in [0.25, 0.3) is 5.69 Å². The lowest BCUT2D eigenvalue weighted by molar-refractivity contribution is -0.139. The second-order valence-electron chi connectivity index (χ2n) is 5.96. The van der Waals surface area contributed by atoms with Gasteiger partial charge in [0.25, 0.3) is 5.91 Å². The Kier molecular flexibility index (Phi) is 5.84. The zero-order valence-electron chi connectivity index (χ0n) is 14.4. The molecule has 0 saturated carbocycles. The van der Waals surface area contributed by atoms with Crippen LogP contribution in [0.1, 0.15) is 56.0 Å². The van der Waals surface area contributed by atoms with Gasteiger partial charge in [-0.15, -0.1) is 5.10 Å². The van der Waals surface area contributed by atoms with Crippen molar-refractivity contribution in [2.75, 3.05) is 0 Å². The van der Waals surface area contributed by atoms with Crippen LogP contribution >= 0.6 is 0 Å². The molecule has 7 nitrogen and oxygen atoms in total. The largest absolute Gasteiger partial charge is 0.480 e. The van der Waals surface area contributed by atoms with Crippen LogP contribution in [0.5, 0.6) is 0 Å². The Bertz CT molecular complexity index is 773. The highest BCUT2D eigenvalue weighted by Gasteiger charge is 2.25. The molecule has 0 bridgehead atoms. The van der Waals surface area contributed by atoms with Gasteiger partial charge in [0.05, 0.1) is 0 Å². The SMILES string of the molecule is CCCC(NC(=O)c1nc(C(C)C)n(-c2ccccc2F)n1)C(=O)O. The van der Waals surface area contributed by atoms with Crippen molar-refractivity contribution in [3.05, 3.63) is 41.7 Å². The number of carboxylic acid groups (broad SMARTS) is 1. The molecule has 8 heteroatoms. The van der Waals surface area contributed by atoms with E-state index in [1.54, 1.807) is 12.1 Å². The van der Waals surface area contributed by atoms with Crippen molar-refractivity contribution in [2.45, 2.75) is 45.6 Å². The van der Waals surface area contributed by atoms with Crippen molar-refractivity contribution in [1.29, 1.82) is 0 Å². The van der Waals surface area contributed by atoms with Crippen molar-refractivity contribution in [1.82, 2.24) is 20.1 Å². The lowest BCUT2D eigenvalue weighted by atomic mass is 10.1. The number of nitrogens with one attached hydrogen (secondary N) is 1. The summed E-state index contributed by atoms with van der Waals surface area (Å²) < 4.78 is 15.4. The molecule has 0 saturated heterocycles. The number of para-hydroxylation sites is 1. The predicted octanol–water partition coefficient (Wildman–Crippen LogP) is 2.51. The zero-order valence-corrected chi connectivity index (χ0v) is 14.4. The fourth-order valence-electron chi connectivity index (χ4n) is 2.36. The summed E-state index contributed by atoms with van der Waals surface area (Å²) in [5, 5.41) is 15.7. The highest BCUT2D eigenvalue weighted by molar-refractivity contribution is 5.93. The van der Waals surface area contributed by atoms with E-state index in [9.17, 15) is 14.0 Å². The molecule has 1 aromatic carbocycles. The highest BCUT2D eigenvalue weighted by Crippen LogP contribution is 2.19. The number of carbonyl (C=O) groups excluding carboxylic acids is 1. The maximum atomic E-state index is 14.1. The van der Waals surface area contributed by atoms with Crippen LogP contribution in [0.2, 0.25) is 0 Å². The minimum atomic E-state index is -1.12. The average molecular weight is 348 g/mol. The number of carboxylic acids is 1. The van der Waals surface area contributed by atoms with Crippen molar-refractivity contribution in [3.8, 4) is 5.69 Å². The van der Waals surface area contributed by atoms with Crippen molar-refractivity contribution in [2.24, 2.45) is 0 Å². The standard InChI is InChI=1S/C17H21FN4O3/c1-4-7-12(17(24)25)19-16(23)14-20-15(10(2)3)22(21-14)13-9-6-5-8-11(13)18/h5-6,8-10,12H,4,7H2,1-3H3,(H,19,23)(H,24,25). The first-order valence-electron chi connectivity index (χ1n) is 8.10. The van der Waals surface area contributed by atoms with Gasteiger partial charge >= 0.3 is 5.97 Å². The molecule has 0 aliphatic rings. The number of amides is 1. The summed E-state index contributed by atoms with van der Waals surface area (Å²) in [5.41, 5.74) is 0.182. The second-order valence-corrected chi connectivity index (χ2v) is 5.96. The Labute approximate surface area is 144 Å². The van der Waals surface area contributed by atoms with Crippen LogP contribution < -0.4 is 5.32 Å². The molecule has 1 aromatic heterocycles. The number of benzene rings is 1. The summed E-state index contributed by atoms with van der Waals surface area (Å²) in [7, 11) is 0. The second kappa shape index (κ2) is 7.87. The Balaban J connectivity index is 2.37. The van der Waals surface area contributed by atoms with E-state index in [0.717, 1.165) is 0 Å². The molecule has 1 atom stereocenters. The fraction of sp³-hybridized carbons (Fsp3) is 0.412. The summed E-state index contributed by atoms with van der Waals surface area (Å²) in [6.07, 6.45) is 0.901. The molecular weight excluding hydrogens is 327 g/mol. The van der Waals surface area contributed by atoms with E-state index in [1.807, 2.05) is 20.8 Å². The molecule has 0 aliphatic heterocycles. The van der Waals surface area contributed by atoms with Crippen molar-refractivity contribution >= 4 is 11.9 Å². The first-order chi connectivity index (χ1) is 11.8. The number of halogens is 1. The summed E-state index contributed by atoms with van der Waals surface area (Å²) in [4.78, 5) is 27.7. The van der Waals surface area contributed by atoms with Crippen LogP contribution in [-0.2, 0) is 4.79 Å². The molecule has 1 amide bonds. The number of aliphatic carboxylic acids is 1. The molecule has 0 radical (unpaired) electrons. The van der Waals surface area contributed by atoms with Gasteiger partial charge < -0.3 is 10.4 Å². The molecule has 0 fully saturated rings. The Morgan fingerprint density at radius 1 is 1.32 bits per heavy atom. The normalized spacial score (nSPS) is 12.2. The van der Waals surface area contributed by atoms with Gasteiger partial charge in [0.2, 0.25) is 5.82 Å². The summed E-state index contributed by atoms with van der Waals surface area (Å²) in [5.74, 6) is -2.19. The van der Waals surface area contributed by atoms with Gasteiger partial charge in [-0.3, -0.25) is 4.79 Å². The third kappa shape index (κ3) is 4.20. The van der Waals surface area contributed by atoms with Crippen LogP contribution in [0.3, 0.4) is 0 Å². The summed E-state index contributed by atoms with van der Waals surface area (Å²) >= 11 is 0. The van der Waals surface area contributed by atoms with Gasteiger partial charge in [-0.05, 0) is 18.6 Å². The van der Waals surface area contributed by atoms with E-state index in [4.69, 9.17) is 5.11 Å². The Hall–Kier alpha value is -2.77. The van der Waals surface area contributed by atoms with Gasteiger partial charge in [-0.25, -0.2) is 18.9 Å². The maximum Gasteiger partial charge on any atom is 0.326 e. The zero-order chi connectivity index (χ0) is 18.6. The molecule has 1 heterocycles. The molecule has 0 aliphatic carbocycles. The maximum absolute atomic E-state index is 14.1. The minimum absolute atomic E-state index is 0.112. The molecule has 2 rings (SSSR count). The molecular formula is C17H21FN4O3. The van der Waals surface area contributed by atoms with E-state index in [-0.39, 0.29) is 17.4 Å². The smallest absolute Gasteiger partial charge is 0.326 e. The third-order valence-corrected chi connectivity index (χ3v) is 3.61. The Morgan fingerprint density at radius 2 is 2.00 bits per heavy atom. The van der Waals surface area contributed by atoms with Crippen molar-refractivity contribution < 1.29 is 19.1 Å². The first-order valence-corrected chi connectivity index (χ1v) is 8.10. The number of aromatic nitrogens is 3. The minimum Gasteiger partial charge on any atom is -0.480 e. The van der Waals surface area contributed by atoms with Crippen LogP contribution in [0.15, 0.2) is 24.3 Å². The van der Waals surface area contributed by atoms with Gasteiger partial charge in [-0.1, -0.05) is 39.3 Å². The molecule has 2 aromatic rings. The Morgan fingerprint density at radius 3 is 2.56 bits per heavy atom. The van der Waals surface area contributed by atoms with Crippen LogP contribution in [0.4, 0.5) is 4.39 Å². The molecule has 0 spiro atoms. The van der Waals surface area contributed by atoms with E-state index in [2.05, 4.69) is 15.4 Å². The number of hydrogen-bond donors (Lipinski definition) is 2. The summed E-state index contributed by atoms with van der Waals surface area (Å²) in [6, 6.07) is 5.03. The van der Waals surface area contributed by atoms with Crippen LogP contribution in [-0.4, -0.2) is 37.8 Å². The monoisotopic (exact) mass is 348 g/mol. The lowest BCUT2D eigenvalue weighted by Crippen LogP contribution is -2.41. The first kappa shape index (κ1) is 18.6. The predicted molar refractivity (Wildman–Crippen MR) is 89.2 cm³/mol. The van der Waals surface area contributed by atoms with E-state index in [0.29, 0.717) is 18.7 Å². The van der Waals surface area contributed by atoms with Crippen LogP contribution in [0, 0.1) is 5.82 Å². The fourth-order valence-corrected chi connectivity index (χ4v) is 2.36. The molecule has 25 heavy (non-hydrogen) atoms. The number of hydrogen-bond acceptors (Lipinski definition) is 4. The lowest BCUT2D eigenvalue weighted by Gasteiger charge is -2.11. The average Bonchev–Trinajstić information content (AvgIpc) is 3.00.